The first kappa shape index (κ1) is 15.5. The van der Waals surface area contributed by atoms with Gasteiger partial charge in [0.05, 0.1) is 12.7 Å². The van der Waals surface area contributed by atoms with Gasteiger partial charge in [-0.3, -0.25) is 0 Å². The van der Waals surface area contributed by atoms with Crippen LogP contribution in [0.5, 0.6) is 0 Å². The average Bonchev–Trinajstić information content (AvgIpc) is 2.44. The van der Waals surface area contributed by atoms with Gasteiger partial charge in [0.1, 0.15) is 0 Å². The molecule has 3 heteroatoms. The van der Waals surface area contributed by atoms with E-state index in [1.54, 1.807) is 7.11 Å². The zero-order valence-electron chi connectivity index (χ0n) is 12.9. The molecule has 0 saturated heterocycles. The van der Waals surface area contributed by atoms with Gasteiger partial charge < -0.3 is 15.2 Å². The molecule has 0 radical (unpaired) electrons. The van der Waals surface area contributed by atoms with E-state index in [0.717, 1.165) is 6.42 Å². The largest absolute Gasteiger partial charge is 0.389 e. The van der Waals surface area contributed by atoms with Gasteiger partial charge in [-0.15, -0.1) is 0 Å². The minimum Gasteiger partial charge on any atom is -0.389 e. The molecular weight excluding hydrogens is 250 g/mol. The first-order valence-corrected chi connectivity index (χ1v) is 7.65. The fourth-order valence-corrected chi connectivity index (χ4v) is 2.92. The molecule has 1 aliphatic carbocycles. The highest BCUT2D eigenvalue weighted by Crippen LogP contribution is 2.32. The van der Waals surface area contributed by atoms with Gasteiger partial charge in [0.2, 0.25) is 0 Å². The first-order valence-electron chi connectivity index (χ1n) is 7.65. The van der Waals surface area contributed by atoms with Gasteiger partial charge in [0.25, 0.3) is 0 Å². The topological polar surface area (TPSA) is 41.5 Å². The molecule has 1 aromatic rings. The molecular formula is C17H27NO2. The van der Waals surface area contributed by atoms with Crippen molar-refractivity contribution >= 4 is 0 Å². The van der Waals surface area contributed by atoms with Crippen LogP contribution < -0.4 is 5.32 Å². The number of hydrogen-bond donors (Lipinski definition) is 2. The Hall–Kier alpha value is -0.900. The standard InChI is InChI=1S/C17H27NO2/c1-12(2)14-8-7-13-5-4-6-17(16(13)9-14)18-10-15(19)11-20-3/h7-9,12,15,17-19H,4-6,10-11H2,1-3H3. The molecule has 3 nitrogen and oxygen atoms in total. The molecule has 0 spiro atoms. The van der Waals surface area contributed by atoms with Crippen LogP contribution in [0.4, 0.5) is 0 Å². The van der Waals surface area contributed by atoms with Crippen molar-refractivity contribution in [2.45, 2.75) is 51.2 Å². The van der Waals surface area contributed by atoms with Crippen LogP contribution in [-0.4, -0.2) is 31.5 Å². The minimum atomic E-state index is -0.432. The van der Waals surface area contributed by atoms with E-state index in [0.29, 0.717) is 25.1 Å². The van der Waals surface area contributed by atoms with E-state index in [9.17, 15) is 5.11 Å². The molecule has 0 heterocycles. The summed E-state index contributed by atoms with van der Waals surface area (Å²) in [6.07, 6.45) is 3.10. The summed E-state index contributed by atoms with van der Waals surface area (Å²) in [5, 5.41) is 13.3. The van der Waals surface area contributed by atoms with Gasteiger partial charge in [0, 0.05) is 19.7 Å². The van der Waals surface area contributed by atoms with Crippen molar-refractivity contribution < 1.29 is 9.84 Å². The summed E-state index contributed by atoms with van der Waals surface area (Å²) in [5.74, 6) is 0.557. The lowest BCUT2D eigenvalue weighted by Crippen LogP contribution is -2.34. The van der Waals surface area contributed by atoms with Gasteiger partial charge in [-0.2, -0.15) is 0 Å². The normalized spacial score (nSPS) is 19.9. The van der Waals surface area contributed by atoms with Crippen LogP contribution in [0.25, 0.3) is 0 Å². The zero-order chi connectivity index (χ0) is 14.5. The smallest absolute Gasteiger partial charge is 0.0897 e. The Morgan fingerprint density at radius 1 is 1.40 bits per heavy atom. The van der Waals surface area contributed by atoms with Crippen LogP contribution in [0.3, 0.4) is 0 Å². The van der Waals surface area contributed by atoms with Gasteiger partial charge in [0.15, 0.2) is 0 Å². The Kier molecular flexibility index (Phi) is 5.58. The lowest BCUT2D eigenvalue weighted by molar-refractivity contribution is 0.0622. The molecule has 0 bridgehead atoms. The van der Waals surface area contributed by atoms with Crippen LogP contribution >= 0.6 is 0 Å². The summed E-state index contributed by atoms with van der Waals surface area (Å²) in [5.41, 5.74) is 4.28. The summed E-state index contributed by atoms with van der Waals surface area (Å²) < 4.78 is 4.97. The van der Waals surface area contributed by atoms with E-state index in [-0.39, 0.29) is 0 Å². The van der Waals surface area contributed by atoms with Crippen molar-refractivity contribution in [3.8, 4) is 0 Å². The fraction of sp³-hybridized carbons (Fsp3) is 0.647. The highest BCUT2D eigenvalue weighted by molar-refractivity contribution is 5.37. The number of fused-ring (bicyclic) bond motifs is 1. The SMILES string of the molecule is COCC(O)CNC1CCCc2ccc(C(C)C)cc21. The van der Waals surface area contributed by atoms with Crippen LogP contribution in [0.15, 0.2) is 18.2 Å². The Morgan fingerprint density at radius 2 is 2.20 bits per heavy atom. The van der Waals surface area contributed by atoms with Crippen molar-refractivity contribution in [2.24, 2.45) is 0 Å². The highest BCUT2D eigenvalue weighted by Gasteiger charge is 2.21. The first-order chi connectivity index (χ1) is 9.61. The number of aryl methyl sites for hydroxylation is 1. The molecule has 2 atom stereocenters. The van der Waals surface area contributed by atoms with E-state index >= 15 is 0 Å². The van der Waals surface area contributed by atoms with Gasteiger partial charge in [-0.05, 0) is 41.9 Å². The number of benzene rings is 1. The van der Waals surface area contributed by atoms with E-state index in [1.807, 2.05) is 0 Å². The molecule has 0 fully saturated rings. The van der Waals surface area contributed by atoms with Crippen LogP contribution in [-0.2, 0) is 11.2 Å². The molecule has 2 unspecified atom stereocenters. The molecule has 2 rings (SSSR count). The molecule has 0 saturated carbocycles. The number of rotatable bonds is 6. The van der Waals surface area contributed by atoms with Crippen LogP contribution in [0, 0.1) is 0 Å². The summed E-state index contributed by atoms with van der Waals surface area (Å²) in [6, 6.07) is 7.25. The molecule has 112 valence electrons. The third-order valence-corrected chi connectivity index (χ3v) is 4.11. The number of ether oxygens (including phenoxy) is 1. The molecule has 1 aromatic carbocycles. The van der Waals surface area contributed by atoms with Crippen LogP contribution in [0.2, 0.25) is 0 Å². The van der Waals surface area contributed by atoms with Gasteiger partial charge >= 0.3 is 0 Å². The minimum absolute atomic E-state index is 0.365. The van der Waals surface area contributed by atoms with Crippen molar-refractivity contribution in [1.29, 1.82) is 0 Å². The molecule has 2 N–H and O–H groups in total. The summed E-state index contributed by atoms with van der Waals surface area (Å²) in [7, 11) is 1.62. The quantitative estimate of drug-likeness (QED) is 0.840. The van der Waals surface area contributed by atoms with Crippen molar-refractivity contribution in [2.75, 3.05) is 20.3 Å². The Bertz CT molecular complexity index is 431. The Balaban J connectivity index is 2.08. The van der Waals surface area contributed by atoms with E-state index in [2.05, 4.69) is 37.4 Å². The average molecular weight is 277 g/mol. The summed E-state index contributed by atoms with van der Waals surface area (Å²) in [6.45, 7) is 5.44. The number of hydrogen-bond acceptors (Lipinski definition) is 3. The second kappa shape index (κ2) is 7.21. The molecule has 0 amide bonds. The van der Waals surface area contributed by atoms with E-state index in [1.165, 1.54) is 29.5 Å². The second-order valence-corrected chi connectivity index (χ2v) is 6.08. The molecule has 1 aliphatic rings. The summed E-state index contributed by atoms with van der Waals surface area (Å²) in [4.78, 5) is 0. The second-order valence-electron chi connectivity index (χ2n) is 6.08. The number of aliphatic hydroxyl groups is 1. The maximum absolute atomic E-state index is 9.78. The lowest BCUT2D eigenvalue weighted by atomic mass is 9.85. The maximum atomic E-state index is 9.78. The van der Waals surface area contributed by atoms with E-state index in [4.69, 9.17) is 4.74 Å². The van der Waals surface area contributed by atoms with Crippen molar-refractivity contribution in [3.05, 3.63) is 34.9 Å². The predicted molar refractivity (Wildman–Crippen MR) is 82.1 cm³/mol. The number of methoxy groups -OCH3 is 1. The number of aliphatic hydroxyl groups excluding tert-OH is 1. The van der Waals surface area contributed by atoms with Crippen LogP contribution in [0.1, 0.15) is 55.3 Å². The molecule has 0 aromatic heterocycles. The monoisotopic (exact) mass is 277 g/mol. The van der Waals surface area contributed by atoms with Gasteiger partial charge in [-0.25, -0.2) is 0 Å². The Morgan fingerprint density at radius 3 is 2.90 bits per heavy atom. The number of nitrogens with one attached hydrogen (secondary N) is 1. The van der Waals surface area contributed by atoms with Crippen molar-refractivity contribution in [1.82, 2.24) is 5.32 Å². The summed E-state index contributed by atoms with van der Waals surface area (Å²) >= 11 is 0. The fourth-order valence-electron chi connectivity index (χ4n) is 2.92. The van der Waals surface area contributed by atoms with Crippen molar-refractivity contribution in [3.63, 3.8) is 0 Å². The predicted octanol–water partition coefficient (Wildman–Crippen LogP) is 2.78. The maximum Gasteiger partial charge on any atom is 0.0897 e. The molecule has 20 heavy (non-hydrogen) atoms. The highest BCUT2D eigenvalue weighted by atomic mass is 16.5. The third-order valence-electron chi connectivity index (χ3n) is 4.11. The Labute approximate surface area is 122 Å². The lowest BCUT2D eigenvalue weighted by Gasteiger charge is -2.28. The third kappa shape index (κ3) is 3.81. The molecule has 0 aliphatic heterocycles. The zero-order valence-corrected chi connectivity index (χ0v) is 12.9. The van der Waals surface area contributed by atoms with E-state index < -0.39 is 6.10 Å². The van der Waals surface area contributed by atoms with Gasteiger partial charge in [-0.1, -0.05) is 32.0 Å².